The van der Waals surface area contributed by atoms with Gasteiger partial charge in [0.25, 0.3) is 5.69 Å². The molecular weight excluding hydrogens is 426 g/mol. The molecule has 0 aromatic heterocycles. The van der Waals surface area contributed by atoms with Gasteiger partial charge in [-0.2, -0.15) is 0 Å². The highest BCUT2D eigenvalue weighted by atomic mass is 79.9. The Morgan fingerprint density at radius 1 is 0.929 bits per heavy atom. The molecule has 0 fully saturated rings. The average molecular weight is 442 g/mol. The van der Waals surface area contributed by atoms with Crippen molar-refractivity contribution in [2.75, 3.05) is 0 Å². The van der Waals surface area contributed by atoms with Crippen LogP contribution < -0.4 is 4.74 Å². The lowest BCUT2D eigenvalue weighted by molar-refractivity contribution is -0.384. The zero-order chi connectivity index (χ0) is 19.9. The molecule has 0 heterocycles. The maximum atomic E-state index is 12.2. The number of nitro benzene ring substituents is 1. The first-order valence-corrected chi connectivity index (χ1v) is 9.18. The second-order valence-corrected chi connectivity index (χ2v) is 6.86. The topological polar surface area (TPSA) is 78.7 Å². The Morgan fingerprint density at radius 3 is 2.32 bits per heavy atom. The summed E-state index contributed by atoms with van der Waals surface area (Å²) in [6.07, 6.45) is 0. The molecule has 0 aliphatic heterocycles. The maximum Gasteiger partial charge on any atom is 0.338 e. The summed E-state index contributed by atoms with van der Waals surface area (Å²) in [5.74, 6) is 0.260. The molecule has 0 unspecified atom stereocenters. The third kappa shape index (κ3) is 5.40. The number of hydrogen-bond acceptors (Lipinski definition) is 5. The molecule has 0 spiro atoms. The normalized spacial score (nSPS) is 10.3. The van der Waals surface area contributed by atoms with E-state index in [1.54, 1.807) is 36.4 Å². The number of carbonyl (C=O) groups is 1. The number of esters is 1. The Balaban J connectivity index is 1.54. The quantitative estimate of drug-likeness (QED) is 0.282. The molecule has 3 aromatic carbocycles. The zero-order valence-corrected chi connectivity index (χ0v) is 16.3. The van der Waals surface area contributed by atoms with Crippen LogP contribution in [0.3, 0.4) is 0 Å². The van der Waals surface area contributed by atoms with E-state index in [0.29, 0.717) is 17.7 Å². The van der Waals surface area contributed by atoms with Gasteiger partial charge in [0.05, 0.1) is 10.5 Å². The van der Waals surface area contributed by atoms with Gasteiger partial charge in [0.2, 0.25) is 0 Å². The first-order valence-electron chi connectivity index (χ1n) is 8.39. The van der Waals surface area contributed by atoms with Crippen molar-refractivity contribution < 1.29 is 19.2 Å². The molecule has 142 valence electrons. The summed E-state index contributed by atoms with van der Waals surface area (Å²) in [5, 5.41) is 10.8. The molecule has 0 saturated heterocycles. The van der Waals surface area contributed by atoms with Crippen molar-refractivity contribution in [3.63, 3.8) is 0 Å². The molecule has 3 rings (SSSR count). The standard InChI is InChI=1S/C21H16BrNO5/c22-18-8-10-20(11-9-18)27-13-15-4-6-17(7-5-15)21(24)28-14-16-2-1-3-19(12-16)23(25)26/h1-12H,13-14H2. The van der Waals surface area contributed by atoms with Crippen molar-refractivity contribution >= 4 is 27.6 Å². The fourth-order valence-corrected chi connectivity index (χ4v) is 2.69. The number of hydrogen-bond donors (Lipinski definition) is 0. The fourth-order valence-electron chi connectivity index (χ4n) is 2.43. The summed E-state index contributed by atoms with van der Waals surface area (Å²) in [7, 11) is 0. The number of nitro groups is 1. The SMILES string of the molecule is O=C(OCc1cccc([N+](=O)[O-])c1)c1ccc(COc2ccc(Br)cc2)cc1. The molecule has 0 aliphatic rings. The summed E-state index contributed by atoms with van der Waals surface area (Å²) in [6, 6.07) is 20.4. The molecule has 0 saturated carbocycles. The Bertz CT molecular complexity index is 971. The molecule has 28 heavy (non-hydrogen) atoms. The molecule has 0 bridgehead atoms. The van der Waals surface area contributed by atoms with E-state index >= 15 is 0 Å². The molecule has 7 heteroatoms. The van der Waals surface area contributed by atoms with Crippen molar-refractivity contribution in [2.24, 2.45) is 0 Å². The Morgan fingerprint density at radius 2 is 1.64 bits per heavy atom. The molecule has 6 nitrogen and oxygen atoms in total. The Kier molecular flexibility index (Phi) is 6.39. The molecule has 0 N–H and O–H groups in total. The summed E-state index contributed by atoms with van der Waals surface area (Å²) in [4.78, 5) is 22.5. The lowest BCUT2D eigenvalue weighted by Gasteiger charge is -2.08. The highest BCUT2D eigenvalue weighted by Gasteiger charge is 2.10. The van der Waals surface area contributed by atoms with E-state index in [4.69, 9.17) is 9.47 Å². The first-order chi connectivity index (χ1) is 13.5. The van der Waals surface area contributed by atoms with Crippen LogP contribution in [-0.4, -0.2) is 10.9 Å². The van der Waals surface area contributed by atoms with Crippen LogP contribution in [0.2, 0.25) is 0 Å². The third-order valence-electron chi connectivity index (χ3n) is 3.90. The number of carbonyl (C=O) groups excluding carboxylic acids is 1. The van der Waals surface area contributed by atoms with E-state index in [2.05, 4.69) is 15.9 Å². The lowest BCUT2D eigenvalue weighted by atomic mass is 10.1. The van der Waals surface area contributed by atoms with E-state index in [1.807, 2.05) is 24.3 Å². The van der Waals surface area contributed by atoms with Gasteiger partial charge in [-0.3, -0.25) is 10.1 Å². The van der Waals surface area contributed by atoms with Crippen LogP contribution in [-0.2, 0) is 18.0 Å². The second kappa shape index (κ2) is 9.14. The predicted molar refractivity (Wildman–Crippen MR) is 107 cm³/mol. The van der Waals surface area contributed by atoms with Crippen molar-refractivity contribution in [3.05, 3.63) is 104 Å². The van der Waals surface area contributed by atoms with Crippen molar-refractivity contribution in [1.82, 2.24) is 0 Å². The predicted octanol–water partition coefficient (Wildman–Crippen LogP) is 5.29. The monoisotopic (exact) mass is 441 g/mol. The van der Waals surface area contributed by atoms with Crippen LogP contribution in [0.5, 0.6) is 5.75 Å². The summed E-state index contributed by atoms with van der Waals surface area (Å²) in [6.45, 7) is 0.347. The van der Waals surface area contributed by atoms with Gasteiger partial charge >= 0.3 is 5.97 Å². The lowest BCUT2D eigenvalue weighted by Crippen LogP contribution is -2.06. The summed E-state index contributed by atoms with van der Waals surface area (Å²) < 4.78 is 11.9. The average Bonchev–Trinajstić information content (AvgIpc) is 2.72. The molecule has 0 aliphatic carbocycles. The molecule has 3 aromatic rings. The largest absolute Gasteiger partial charge is 0.489 e. The first kappa shape index (κ1) is 19.6. The smallest absolute Gasteiger partial charge is 0.338 e. The van der Waals surface area contributed by atoms with Gasteiger partial charge in [-0.15, -0.1) is 0 Å². The van der Waals surface area contributed by atoms with E-state index in [1.165, 1.54) is 12.1 Å². The van der Waals surface area contributed by atoms with E-state index in [9.17, 15) is 14.9 Å². The number of non-ortho nitro benzene ring substituents is 1. The highest BCUT2D eigenvalue weighted by molar-refractivity contribution is 9.10. The van der Waals surface area contributed by atoms with Crippen molar-refractivity contribution in [1.29, 1.82) is 0 Å². The summed E-state index contributed by atoms with van der Waals surface area (Å²) >= 11 is 3.37. The number of nitrogens with zero attached hydrogens (tertiary/aromatic N) is 1. The van der Waals surface area contributed by atoms with E-state index in [-0.39, 0.29) is 12.3 Å². The van der Waals surface area contributed by atoms with Crippen LogP contribution in [0, 0.1) is 10.1 Å². The van der Waals surface area contributed by atoms with Gasteiger partial charge in [0.1, 0.15) is 19.0 Å². The van der Waals surface area contributed by atoms with Gasteiger partial charge in [0.15, 0.2) is 0 Å². The van der Waals surface area contributed by atoms with Crippen LogP contribution in [0.4, 0.5) is 5.69 Å². The van der Waals surface area contributed by atoms with Crippen LogP contribution in [0.15, 0.2) is 77.3 Å². The molecule has 0 radical (unpaired) electrons. The van der Waals surface area contributed by atoms with Gasteiger partial charge in [-0.1, -0.05) is 40.2 Å². The minimum Gasteiger partial charge on any atom is -0.489 e. The molecule has 0 atom stereocenters. The van der Waals surface area contributed by atoms with Crippen molar-refractivity contribution in [2.45, 2.75) is 13.2 Å². The van der Waals surface area contributed by atoms with Gasteiger partial charge in [-0.05, 0) is 47.5 Å². The minimum absolute atomic E-state index is 0.0328. The fraction of sp³-hybridized carbons (Fsp3) is 0.0952. The maximum absolute atomic E-state index is 12.2. The highest BCUT2D eigenvalue weighted by Crippen LogP contribution is 2.18. The minimum atomic E-state index is -0.494. The summed E-state index contributed by atoms with van der Waals surface area (Å²) in [5.41, 5.74) is 1.83. The number of halogens is 1. The molecule has 0 amide bonds. The van der Waals surface area contributed by atoms with Crippen LogP contribution in [0.25, 0.3) is 0 Å². The Labute approximate surface area is 170 Å². The number of rotatable bonds is 7. The van der Waals surface area contributed by atoms with E-state index in [0.717, 1.165) is 15.8 Å². The number of benzene rings is 3. The van der Waals surface area contributed by atoms with Gasteiger partial charge in [0, 0.05) is 16.6 Å². The van der Waals surface area contributed by atoms with E-state index < -0.39 is 10.9 Å². The van der Waals surface area contributed by atoms with Crippen LogP contribution in [0.1, 0.15) is 21.5 Å². The Hall–Kier alpha value is -3.19. The zero-order valence-electron chi connectivity index (χ0n) is 14.7. The van der Waals surface area contributed by atoms with Gasteiger partial charge < -0.3 is 9.47 Å². The van der Waals surface area contributed by atoms with Crippen LogP contribution >= 0.6 is 15.9 Å². The molecular formula is C21H16BrNO5. The number of ether oxygens (including phenoxy) is 2. The second-order valence-electron chi connectivity index (χ2n) is 5.94. The van der Waals surface area contributed by atoms with Gasteiger partial charge in [-0.25, -0.2) is 4.79 Å². The third-order valence-corrected chi connectivity index (χ3v) is 4.43. The van der Waals surface area contributed by atoms with Crippen molar-refractivity contribution in [3.8, 4) is 5.75 Å².